The van der Waals surface area contributed by atoms with Gasteiger partial charge in [-0.1, -0.05) is 12.1 Å². The normalized spacial score (nSPS) is 14.5. The third kappa shape index (κ3) is 5.38. The number of ether oxygens (including phenoxy) is 2. The molecule has 1 aliphatic heterocycles. The Kier molecular flexibility index (Phi) is 7.30. The molecule has 0 radical (unpaired) electrons. The maximum Gasteiger partial charge on any atom is 0.255 e. The number of nitrogens with one attached hydrogen (secondary N) is 1. The van der Waals surface area contributed by atoms with Gasteiger partial charge in [0.2, 0.25) is 0 Å². The Bertz CT molecular complexity index is 823. The second-order valence-corrected chi connectivity index (χ2v) is 6.96. The Balaban J connectivity index is 1.40. The Labute approximate surface area is 171 Å². The van der Waals surface area contributed by atoms with Gasteiger partial charge in [0.05, 0.1) is 25.5 Å². The highest BCUT2D eigenvalue weighted by molar-refractivity contribution is 5.97. The highest BCUT2D eigenvalue weighted by atomic mass is 19.1. The maximum atomic E-state index is 13.9. The quantitative estimate of drug-likeness (QED) is 0.690. The minimum absolute atomic E-state index is 0.158. The summed E-state index contributed by atoms with van der Waals surface area (Å²) in [7, 11) is 3.11. The van der Waals surface area contributed by atoms with Crippen molar-refractivity contribution >= 4 is 11.6 Å². The number of hydrogen-bond acceptors (Lipinski definition) is 5. The van der Waals surface area contributed by atoms with Crippen molar-refractivity contribution in [3.63, 3.8) is 0 Å². The number of nitrogens with zero attached hydrogens (tertiary/aromatic N) is 2. The molecule has 156 valence electrons. The first-order valence-electron chi connectivity index (χ1n) is 9.84. The molecule has 1 amide bonds. The lowest BCUT2D eigenvalue weighted by Gasteiger charge is -2.36. The zero-order valence-corrected chi connectivity index (χ0v) is 17.0. The largest absolute Gasteiger partial charge is 0.497 e. The number of methoxy groups -OCH3 is 2. The molecular formula is C22H28FN3O3. The Morgan fingerprint density at radius 3 is 2.52 bits per heavy atom. The third-order valence-electron chi connectivity index (χ3n) is 5.16. The molecule has 0 aromatic heterocycles. The van der Waals surface area contributed by atoms with Gasteiger partial charge in [-0.25, -0.2) is 4.39 Å². The van der Waals surface area contributed by atoms with Crippen molar-refractivity contribution in [1.29, 1.82) is 0 Å². The van der Waals surface area contributed by atoms with Crippen LogP contribution in [0.25, 0.3) is 0 Å². The zero-order valence-electron chi connectivity index (χ0n) is 17.0. The van der Waals surface area contributed by atoms with Crippen molar-refractivity contribution in [3.05, 3.63) is 53.8 Å². The van der Waals surface area contributed by atoms with Gasteiger partial charge in [0.15, 0.2) is 0 Å². The molecule has 0 atom stereocenters. The topological polar surface area (TPSA) is 54.0 Å². The first-order chi connectivity index (χ1) is 14.1. The van der Waals surface area contributed by atoms with Crippen LogP contribution in [-0.4, -0.2) is 64.3 Å². The maximum absolute atomic E-state index is 13.9. The van der Waals surface area contributed by atoms with Crippen LogP contribution < -0.4 is 19.7 Å². The monoisotopic (exact) mass is 401 g/mol. The molecule has 1 fully saturated rings. The summed E-state index contributed by atoms with van der Waals surface area (Å²) in [6.07, 6.45) is 0.851. The minimum Gasteiger partial charge on any atom is -0.497 e. The number of hydrogen-bond donors (Lipinski definition) is 1. The van der Waals surface area contributed by atoms with Gasteiger partial charge in [0, 0.05) is 38.8 Å². The number of halogens is 1. The molecule has 3 rings (SSSR count). The lowest BCUT2D eigenvalue weighted by Crippen LogP contribution is -2.47. The molecule has 1 heterocycles. The molecule has 0 spiro atoms. The smallest absolute Gasteiger partial charge is 0.255 e. The Morgan fingerprint density at radius 1 is 1.07 bits per heavy atom. The van der Waals surface area contributed by atoms with E-state index >= 15 is 0 Å². The van der Waals surface area contributed by atoms with Crippen LogP contribution in [0.1, 0.15) is 16.8 Å². The standard InChI is InChI=1S/C22H28FN3O3/c1-28-17-8-9-18(21(16-17)29-2)22(27)24-10-5-11-25-12-14-26(15-13-25)20-7-4-3-6-19(20)23/h3-4,6-9,16H,5,10-15H2,1-2H3,(H,24,27). The zero-order chi connectivity index (χ0) is 20.6. The third-order valence-corrected chi connectivity index (χ3v) is 5.16. The molecule has 1 saturated heterocycles. The molecule has 1 aliphatic rings. The van der Waals surface area contributed by atoms with Crippen LogP contribution in [0.15, 0.2) is 42.5 Å². The van der Waals surface area contributed by atoms with Gasteiger partial charge >= 0.3 is 0 Å². The van der Waals surface area contributed by atoms with Crippen LogP contribution in [0.2, 0.25) is 0 Å². The van der Waals surface area contributed by atoms with Gasteiger partial charge in [-0.15, -0.1) is 0 Å². The van der Waals surface area contributed by atoms with Gasteiger partial charge < -0.3 is 19.7 Å². The molecule has 2 aromatic rings. The number of anilines is 1. The van der Waals surface area contributed by atoms with Gasteiger partial charge in [-0.2, -0.15) is 0 Å². The Hall–Kier alpha value is -2.80. The molecule has 0 bridgehead atoms. The molecule has 7 heteroatoms. The summed E-state index contributed by atoms with van der Waals surface area (Å²) in [6, 6.07) is 12.1. The molecule has 0 saturated carbocycles. The average Bonchev–Trinajstić information content (AvgIpc) is 2.77. The summed E-state index contributed by atoms with van der Waals surface area (Å²) in [4.78, 5) is 16.9. The van der Waals surface area contributed by atoms with Crippen LogP contribution in [0.3, 0.4) is 0 Å². The fraction of sp³-hybridized carbons (Fsp3) is 0.409. The van der Waals surface area contributed by atoms with E-state index in [1.807, 2.05) is 12.1 Å². The summed E-state index contributed by atoms with van der Waals surface area (Å²) in [6.45, 7) is 4.85. The number of amides is 1. The van der Waals surface area contributed by atoms with Crippen molar-refractivity contribution in [1.82, 2.24) is 10.2 Å². The van der Waals surface area contributed by atoms with E-state index in [0.717, 1.165) is 39.1 Å². The number of piperazine rings is 1. The van der Waals surface area contributed by atoms with Gasteiger partial charge in [0.25, 0.3) is 5.91 Å². The summed E-state index contributed by atoms with van der Waals surface area (Å²) >= 11 is 0. The van der Waals surface area contributed by atoms with Gasteiger partial charge in [-0.05, 0) is 37.2 Å². The minimum atomic E-state index is -0.169. The van der Waals surface area contributed by atoms with E-state index in [9.17, 15) is 9.18 Å². The lowest BCUT2D eigenvalue weighted by atomic mass is 10.1. The second-order valence-electron chi connectivity index (χ2n) is 6.96. The van der Waals surface area contributed by atoms with Crippen molar-refractivity contribution in [2.75, 3.05) is 58.4 Å². The molecule has 2 aromatic carbocycles. The number of rotatable bonds is 8. The van der Waals surface area contributed by atoms with E-state index in [1.54, 1.807) is 31.4 Å². The fourth-order valence-electron chi connectivity index (χ4n) is 3.51. The summed E-state index contributed by atoms with van der Waals surface area (Å²) in [5.74, 6) is 0.811. The molecule has 0 unspecified atom stereocenters. The van der Waals surface area contributed by atoms with E-state index in [4.69, 9.17) is 9.47 Å². The second kappa shape index (κ2) is 10.1. The fourth-order valence-corrected chi connectivity index (χ4v) is 3.51. The highest BCUT2D eigenvalue weighted by Gasteiger charge is 2.19. The number of para-hydroxylation sites is 1. The van der Waals surface area contributed by atoms with Crippen molar-refractivity contribution in [3.8, 4) is 11.5 Å². The predicted molar refractivity (Wildman–Crippen MR) is 112 cm³/mol. The van der Waals surface area contributed by atoms with E-state index < -0.39 is 0 Å². The number of carbonyl (C=O) groups is 1. The first-order valence-corrected chi connectivity index (χ1v) is 9.84. The Morgan fingerprint density at radius 2 is 1.83 bits per heavy atom. The van der Waals surface area contributed by atoms with Crippen LogP contribution in [-0.2, 0) is 0 Å². The molecule has 29 heavy (non-hydrogen) atoms. The van der Waals surface area contributed by atoms with E-state index in [-0.39, 0.29) is 11.7 Å². The van der Waals surface area contributed by atoms with Crippen molar-refractivity contribution in [2.45, 2.75) is 6.42 Å². The molecule has 0 aliphatic carbocycles. The molecule has 6 nitrogen and oxygen atoms in total. The van der Waals surface area contributed by atoms with Gasteiger partial charge in [-0.3, -0.25) is 9.69 Å². The van der Waals surface area contributed by atoms with E-state index in [2.05, 4.69) is 15.1 Å². The van der Waals surface area contributed by atoms with Gasteiger partial charge in [0.1, 0.15) is 17.3 Å². The molecule has 1 N–H and O–H groups in total. The van der Waals surface area contributed by atoms with E-state index in [0.29, 0.717) is 29.3 Å². The summed E-state index contributed by atoms with van der Waals surface area (Å²) < 4.78 is 24.4. The average molecular weight is 401 g/mol. The summed E-state index contributed by atoms with van der Waals surface area (Å²) in [5, 5.41) is 2.95. The van der Waals surface area contributed by atoms with Crippen LogP contribution in [0, 0.1) is 5.82 Å². The van der Waals surface area contributed by atoms with Crippen LogP contribution >= 0.6 is 0 Å². The van der Waals surface area contributed by atoms with E-state index in [1.165, 1.54) is 13.2 Å². The highest BCUT2D eigenvalue weighted by Crippen LogP contribution is 2.24. The number of benzene rings is 2. The van der Waals surface area contributed by atoms with Crippen LogP contribution in [0.4, 0.5) is 10.1 Å². The predicted octanol–water partition coefficient (Wildman–Crippen LogP) is 2.79. The van der Waals surface area contributed by atoms with Crippen LogP contribution in [0.5, 0.6) is 11.5 Å². The SMILES string of the molecule is COc1ccc(C(=O)NCCCN2CCN(c3ccccc3F)CC2)c(OC)c1. The number of carbonyl (C=O) groups excluding carboxylic acids is 1. The lowest BCUT2D eigenvalue weighted by molar-refractivity contribution is 0.0948. The summed E-state index contributed by atoms with van der Waals surface area (Å²) in [5.41, 5.74) is 1.17. The molecular weight excluding hydrogens is 373 g/mol. The van der Waals surface area contributed by atoms with Crippen molar-refractivity contribution < 1.29 is 18.7 Å². The van der Waals surface area contributed by atoms with Crippen molar-refractivity contribution in [2.24, 2.45) is 0 Å². The first kappa shape index (κ1) is 20.9.